The number of rotatable bonds is 2. The summed E-state index contributed by atoms with van der Waals surface area (Å²) < 4.78 is 10.6. The maximum Gasteiger partial charge on any atom is 0.333 e. The van der Waals surface area contributed by atoms with E-state index in [1.54, 1.807) is 48.5 Å². The minimum atomic E-state index is -0.505. The Morgan fingerprint density at radius 2 is 1.79 bits per heavy atom. The zero-order chi connectivity index (χ0) is 16.7. The van der Waals surface area contributed by atoms with Gasteiger partial charge in [0.05, 0.1) is 5.69 Å². The van der Waals surface area contributed by atoms with Crippen molar-refractivity contribution in [3.05, 3.63) is 58.7 Å². The Balaban J connectivity index is 1.64. The van der Waals surface area contributed by atoms with Gasteiger partial charge in [-0.05, 0) is 48.0 Å². The molecule has 0 bridgehead atoms. The average Bonchev–Trinajstić information content (AvgIpc) is 3.13. The number of nitrogens with one attached hydrogen (secondary N) is 1. The Morgan fingerprint density at radius 1 is 1.04 bits per heavy atom. The fraction of sp³-hybridized carbons (Fsp3) is 0.0588. The molecule has 2 aliphatic heterocycles. The molecule has 0 unspecified atom stereocenters. The van der Waals surface area contributed by atoms with Crippen molar-refractivity contribution < 1.29 is 19.1 Å². The molecule has 7 heteroatoms. The molecule has 2 aromatic rings. The minimum Gasteiger partial charge on any atom is -0.454 e. The highest BCUT2D eigenvalue weighted by molar-refractivity contribution is 6.31. The molecule has 0 spiro atoms. The second-order valence-electron chi connectivity index (χ2n) is 5.22. The van der Waals surface area contributed by atoms with Gasteiger partial charge in [0.15, 0.2) is 11.5 Å². The van der Waals surface area contributed by atoms with E-state index >= 15 is 0 Å². The van der Waals surface area contributed by atoms with E-state index in [1.165, 1.54) is 0 Å². The number of fused-ring (bicyclic) bond motifs is 1. The van der Waals surface area contributed by atoms with Crippen LogP contribution in [0.1, 0.15) is 5.56 Å². The SMILES string of the molecule is O=C1N/C(=C\c2ccc3c(c2)OCO3)C(=O)N1c1ccc(Cl)cc1. The molecule has 2 heterocycles. The van der Waals surface area contributed by atoms with Crippen LogP contribution >= 0.6 is 11.6 Å². The summed E-state index contributed by atoms with van der Waals surface area (Å²) in [6.45, 7) is 0.176. The Kier molecular flexibility index (Phi) is 3.39. The van der Waals surface area contributed by atoms with Crippen molar-refractivity contribution in [2.75, 3.05) is 11.7 Å². The van der Waals surface area contributed by atoms with Crippen molar-refractivity contribution in [2.24, 2.45) is 0 Å². The summed E-state index contributed by atoms with van der Waals surface area (Å²) in [5, 5.41) is 3.11. The molecule has 0 atom stereocenters. The third-order valence-corrected chi connectivity index (χ3v) is 3.92. The van der Waals surface area contributed by atoms with Gasteiger partial charge in [-0.15, -0.1) is 0 Å². The van der Waals surface area contributed by atoms with Gasteiger partial charge >= 0.3 is 6.03 Å². The smallest absolute Gasteiger partial charge is 0.333 e. The number of hydrogen-bond donors (Lipinski definition) is 1. The quantitative estimate of drug-likeness (QED) is 0.672. The van der Waals surface area contributed by atoms with E-state index in [0.29, 0.717) is 22.2 Å². The molecule has 4 rings (SSSR count). The summed E-state index contributed by atoms with van der Waals surface area (Å²) in [5.74, 6) is 0.831. The van der Waals surface area contributed by atoms with E-state index < -0.39 is 11.9 Å². The van der Waals surface area contributed by atoms with Gasteiger partial charge in [0.1, 0.15) is 5.70 Å². The number of urea groups is 1. The summed E-state index contributed by atoms with van der Waals surface area (Å²) in [6.07, 6.45) is 1.60. The molecule has 1 fully saturated rings. The van der Waals surface area contributed by atoms with Gasteiger partial charge in [0.2, 0.25) is 6.79 Å². The van der Waals surface area contributed by atoms with E-state index in [2.05, 4.69) is 5.32 Å². The Bertz CT molecular complexity index is 877. The van der Waals surface area contributed by atoms with Crippen LogP contribution in [0.4, 0.5) is 10.5 Å². The number of amides is 3. The number of benzene rings is 2. The van der Waals surface area contributed by atoms with Crippen molar-refractivity contribution in [3.8, 4) is 11.5 Å². The van der Waals surface area contributed by atoms with Crippen molar-refractivity contribution in [1.29, 1.82) is 0 Å². The maximum absolute atomic E-state index is 12.5. The lowest BCUT2D eigenvalue weighted by atomic mass is 10.1. The third-order valence-electron chi connectivity index (χ3n) is 3.67. The number of carbonyl (C=O) groups excluding carboxylic acids is 2. The Hall–Kier alpha value is -2.99. The predicted octanol–water partition coefficient (Wildman–Crippen LogP) is 3.17. The molecule has 120 valence electrons. The second-order valence-corrected chi connectivity index (χ2v) is 5.65. The molecule has 2 aliphatic rings. The van der Waals surface area contributed by atoms with Crippen molar-refractivity contribution in [1.82, 2.24) is 5.32 Å². The van der Waals surface area contributed by atoms with Crippen LogP contribution in [0.25, 0.3) is 6.08 Å². The van der Waals surface area contributed by atoms with Crippen LogP contribution in [0.2, 0.25) is 5.02 Å². The number of halogens is 1. The standard InChI is InChI=1S/C17H11ClN2O4/c18-11-2-4-12(5-3-11)20-16(21)13(19-17(20)22)7-10-1-6-14-15(8-10)24-9-23-14/h1-8H,9H2,(H,19,22)/b13-7-. The molecule has 0 aliphatic carbocycles. The molecular weight excluding hydrogens is 332 g/mol. The molecule has 2 aromatic carbocycles. The minimum absolute atomic E-state index is 0.176. The van der Waals surface area contributed by atoms with E-state index in [0.717, 1.165) is 10.5 Å². The number of imide groups is 1. The highest BCUT2D eigenvalue weighted by Gasteiger charge is 2.34. The summed E-state index contributed by atoms with van der Waals surface area (Å²) >= 11 is 5.84. The van der Waals surface area contributed by atoms with Crippen molar-refractivity contribution in [3.63, 3.8) is 0 Å². The van der Waals surface area contributed by atoms with E-state index in [1.807, 2.05) is 0 Å². The van der Waals surface area contributed by atoms with E-state index in [-0.39, 0.29) is 12.5 Å². The van der Waals surface area contributed by atoms with Crippen LogP contribution in [0, 0.1) is 0 Å². The molecule has 0 aromatic heterocycles. The normalized spacial score (nSPS) is 17.5. The first-order valence-electron chi connectivity index (χ1n) is 7.14. The fourth-order valence-corrected chi connectivity index (χ4v) is 2.66. The number of ether oxygens (including phenoxy) is 2. The maximum atomic E-state index is 12.5. The monoisotopic (exact) mass is 342 g/mol. The summed E-state index contributed by atoms with van der Waals surface area (Å²) in [7, 11) is 0. The molecule has 0 radical (unpaired) electrons. The van der Waals surface area contributed by atoms with Crippen LogP contribution in [-0.4, -0.2) is 18.7 Å². The molecule has 3 amide bonds. The first-order valence-corrected chi connectivity index (χ1v) is 7.52. The first kappa shape index (κ1) is 14.6. The molecule has 1 saturated heterocycles. The summed E-state index contributed by atoms with van der Waals surface area (Å²) in [4.78, 5) is 25.7. The lowest BCUT2D eigenvalue weighted by molar-refractivity contribution is -0.113. The van der Waals surface area contributed by atoms with Gasteiger partial charge in [-0.2, -0.15) is 0 Å². The van der Waals surface area contributed by atoms with E-state index in [9.17, 15) is 9.59 Å². The molecule has 6 nitrogen and oxygen atoms in total. The van der Waals surface area contributed by atoms with Gasteiger partial charge in [-0.25, -0.2) is 9.69 Å². The van der Waals surface area contributed by atoms with Crippen molar-refractivity contribution in [2.45, 2.75) is 0 Å². The molecule has 1 N–H and O–H groups in total. The van der Waals surface area contributed by atoms with E-state index in [4.69, 9.17) is 21.1 Å². The van der Waals surface area contributed by atoms with Gasteiger partial charge in [-0.3, -0.25) is 4.79 Å². The van der Waals surface area contributed by atoms with Crippen LogP contribution in [-0.2, 0) is 4.79 Å². The molecule has 24 heavy (non-hydrogen) atoms. The van der Waals surface area contributed by atoms with Crippen LogP contribution in [0.15, 0.2) is 48.2 Å². The summed E-state index contributed by atoms with van der Waals surface area (Å²) in [5.41, 5.74) is 1.37. The second kappa shape index (κ2) is 5.58. The fourth-order valence-electron chi connectivity index (χ4n) is 2.53. The predicted molar refractivity (Wildman–Crippen MR) is 88.0 cm³/mol. The number of carbonyl (C=O) groups is 2. The average molecular weight is 343 g/mol. The van der Waals surface area contributed by atoms with Crippen LogP contribution < -0.4 is 19.7 Å². The molecule has 0 saturated carbocycles. The first-order chi connectivity index (χ1) is 11.6. The third kappa shape index (κ3) is 2.47. The van der Waals surface area contributed by atoms with Gasteiger partial charge in [-0.1, -0.05) is 17.7 Å². The lowest BCUT2D eigenvalue weighted by Gasteiger charge is -2.11. The largest absolute Gasteiger partial charge is 0.454 e. The van der Waals surface area contributed by atoms with Crippen LogP contribution in [0.3, 0.4) is 0 Å². The summed E-state index contributed by atoms with van der Waals surface area (Å²) in [6, 6.07) is 11.3. The number of anilines is 1. The highest BCUT2D eigenvalue weighted by atomic mass is 35.5. The van der Waals surface area contributed by atoms with Crippen LogP contribution in [0.5, 0.6) is 11.5 Å². The zero-order valence-corrected chi connectivity index (χ0v) is 13.0. The Morgan fingerprint density at radius 3 is 2.58 bits per heavy atom. The van der Waals surface area contributed by atoms with Gasteiger partial charge in [0, 0.05) is 5.02 Å². The van der Waals surface area contributed by atoms with Gasteiger partial charge < -0.3 is 14.8 Å². The topological polar surface area (TPSA) is 67.9 Å². The highest BCUT2D eigenvalue weighted by Crippen LogP contribution is 2.33. The van der Waals surface area contributed by atoms with Crippen molar-refractivity contribution >= 4 is 35.3 Å². The lowest BCUT2D eigenvalue weighted by Crippen LogP contribution is -2.30. The molecular formula is C17H11ClN2O4. The Labute approximate surface area is 142 Å². The number of hydrogen-bond acceptors (Lipinski definition) is 4. The number of nitrogens with zero attached hydrogens (tertiary/aromatic N) is 1. The van der Waals surface area contributed by atoms with Gasteiger partial charge in [0.25, 0.3) is 5.91 Å². The zero-order valence-electron chi connectivity index (χ0n) is 12.3.